The largest absolute Gasteiger partial charge is 0.433 e. The second-order valence-corrected chi connectivity index (χ2v) is 7.50. The zero-order valence-electron chi connectivity index (χ0n) is 15.0. The molecule has 0 spiro atoms. The highest BCUT2D eigenvalue weighted by Crippen LogP contribution is 2.35. The third kappa shape index (κ3) is 3.77. The van der Waals surface area contributed by atoms with Crippen LogP contribution in [0, 0.1) is 6.92 Å². The lowest BCUT2D eigenvalue weighted by Gasteiger charge is -2.11. The Morgan fingerprint density at radius 2 is 1.93 bits per heavy atom. The second-order valence-electron chi connectivity index (χ2n) is 6.21. The molecule has 0 aliphatic heterocycles. The van der Waals surface area contributed by atoms with Crippen molar-refractivity contribution in [3.05, 3.63) is 63.0 Å². The number of alkyl halides is 3. The molecule has 3 heterocycles. The first-order valence-electron chi connectivity index (χ1n) is 8.30. The number of nitrogens with zero attached hydrogens (tertiary/aromatic N) is 4. The topological polar surface area (TPSA) is 85.3 Å². The van der Waals surface area contributed by atoms with Crippen LogP contribution >= 0.6 is 27.5 Å². The molecule has 0 bridgehead atoms. The second kappa shape index (κ2) is 7.40. The highest BCUT2D eigenvalue weighted by Gasteiger charge is 2.36. The smallest absolute Gasteiger partial charge is 0.360 e. The molecule has 0 aliphatic rings. The molecule has 0 atom stereocenters. The maximum Gasteiger partial charge on any atom is 0.433 e. The molecule has 3 aromatic heterocycles. The molecular weight excluding hydrogens is 491 g/mol. The summed E-state index contributed by atoms with van der Waals surface area (Å²) in [5.41, 5.74) is -1.38. The third-order valence-electron chi connectivity index (χ3n) is 4.05. The average Bonchev–Trinajstić information content (AvgIpc) is 3.24. The lowest BCUT2D eigenvalue weighted by molar-refractivity contribution is -0.142. The minimum atomic E-state index is -4.77. The van der Waals surface area contributed by atoms with Gasteiger partial charge in [0.15, 0.2) is 22.9 Å². The highest BCUT2D eigenvalue weighted by molar-refractivity contribution is 9.10. The van der Waals surface area contributed by atoms with Crippen LogP contribution < -0.4 is 5.32 Å². The number of hydrogen-bond acceptors (Lipinski definition) is 5. The van der Waals surface area contributed by atoms with Gasteiger partial charge in [-0.3, -0.25) is 4.79 Å². The van der Waals surface area contributed by atoms with Crippen LogP contribution in [0.4, 0.5) is 19.0 Å². The first-order chi connectivity index (χ1) is 14.1. The van der Waals surface area contributed by atoms with Gasteiger partial charge in [0.05, 0.1) is 5.69 Å². The van der Waals surface area contributed by atoms with E-state index in [2.05, 4.69) is 36.5 Å². The fourth-order valence-corrected chi connectivity index (χ4v) is 3.22. The fourth-order valence-electron chi connectivity index (χ4n) is 2.71. The van der Waals surface area contributed by atoms with Crippen LogP contribution in [0.1, 0.15) is 21.9 Å². The molecule has 0 radical (unpaired) electrons. The van der Waals surface area contributed by atoms with Gasteiger partial charge in [0.1, 0.15) is 10.8 Å². The summed E-state index contributed by atoms with van der Waals surface area (Å²) < 4.78 is 47.2. The van der Waals surface area contributed by atoms with Crippen LogP contribution in [-0.2, 0) is 6.18 Å². The fraction of sp³-hybridized carbons (Fsp3) is 0.111. The van der Waals surface area contributed by atoms with E-state index in [1.54, 1.807) is 31.2 Å². The van der Waals surface area contributed by atoms with Crippen LogP contribution in [0.3, 0.4) is 0 Å². The van der Waals surface area contributed by atoms with E-state index in [-0.39, 0.29) is 22.2 Å². The molecule has 4 rings (SSSR count). The number of anilines is 1. The number of rotatable bonds is 3. The number of nitrogens with one attached hydrogen (secondary N) is 1. The molecule has 30 heavy (non-hydrogen) atoms. The number of hydrogen-bond donors (Lipinski definition) is 1. The van der Waals surface area contributed by atoms with Crippen molar-refractivity contribution in [2.24, 2.45) is 0 Å². The number of aromatic nitrogens is 4. The summed E-state index contributed by atoms with van der Waals surface area (Å²) in [4.78, 5) is 16.7. The van der Waals surface area contributed by atoms with E-state index in [4.69, 9.17) is 16.1 Å². The summed E-state index contributed by atoms with van der Waals surface area (Å²) in [5.74, 6) is -0.339. The minimum absolute atomic E-state index is 0.0307. The predicted octanol–water partition coefficient (Wildman–Crippen LogP) is 5.38. The summed E-state index contributed by atoms with van der Waals surface area (Å²) >= 11 is 9.48. The zero-order valence-corrected chi connectivity index (χ0v) is 17.3. The van der Waals surface area contributed by atoms with Gasteiger partial charge in [0, 0.05) is 16.1 Å². The number of aryl methyl sites for hydroxylation is 1. The molecule has 0 fully saturated rings. The summed E-state index contributed by atoms with van der Waals surface area (Å²) in [5, 5.41) is 9.40. The first-order valence-corrected chi connectivity index (χ1v) is 9.47. The summed E-state index contributed by atoms with van der Waals surface area (Å²) in [6, 6.07) is 8.84. The highest BCUT2D eigenvalue weighted by atomic mass is 79.9. The minimum Gasteiger partial charge on any atom is -0.360 e. The number of halogens is 5. The van der Waals surface area contributed by atoms with Crippen molar-refractivity contribution < 1.29 is 22.5 Å². The molecule has 0 saturated heterocycles. The molecular formula is C18H10BrClF3N5O2. The van der Waals surface area contributed by atoms with Gasteiger partial charge < -0.3 is 9.84 Å². The molecule has 0 aliphatic carbocycles. The Bertz CT molecular complexity index is 1270. The van der Waals surface area contributed by atoms with Gasteiger partial charge in [-0.05, 0) is 25.1 Å². The van der Waals surface area contributed by atoms with Crippen LogP contribution in [-0.4, -0.2) is 25.7 Å². The summed E-state index contributed by atoms with van der Waals surface area (Å²) in [6.07, 6.45) is -4.77. The van der Waals surface area contributed by atoms with E-state index in [0.29, 0.717) is 15.8 Å². The standard InChI is InChI=1S/C18H10BrClF3N5O2/c1-8-6-13(27-30-8)25-17(29)15-14(20)16-24-11(9-2-4-10(19)5-3-9)7-12(18(21,22)23)28(16)26-15/h2-7H,1H3,(H,25,27,29). The third-order valence-corrected chi connectivity index (χ3v) is 4.92. The Labute approximate surface area is 180 Å². The molecule has 12 heteroatoms. The first kappa shape index (κ1) is 20.4. The normalized spacial score (nSPS) is 11.8. The molecule has 4 aromatic rings. The number of amides is 1. The number of carbonyl (C=O) groups is 1. The lowest BCUT2D eigenvalue weighted by Crippen LogP contribution is -2.16. The van der Waals surface area contributed by atoms with Crippen LogP contribution in [0.2, 0.25) is 5.02 Å². The van der Waals surface area contributed by atoms with Crippen LogP contribution in [0.5, 0.6) is 0 Å². The van der Waals surface area contributed by atoms with Crippen LogP contribution in [0.15, 0.2) is 45.4 Å². The van der Waals surface area contributed by atoms with Gasteiger partial charge in [-0.15, -0.1) is 0 Å². The van der Waals surface area contributed by atoms with Crippen molar-refractivity contribution in [2.75, 3.05) is 5.32 Å². The van der Waals surface area contributed by atoms with E-state index in [0.717, 1.165) is 10.5 Å². The van der Waals surface area contributed by atoms with Crippen molar-refractivity contribution in [2.45, 2.75) is 13.1 Å². The van der Waals surface area contributed by atoms with Gasteiger partial charge in [0.2, 0.25) is 0 Å². The van der Waals surface area contributed by atoms with Crippen molar-refractivity contribution >= 4 is 44.9 Å². The molecule has 1 N–H and O–H groups in total. The molecule has 1 amide bonds. The average molecular weight is 501 g/mol. The van der Waals surface area contributed by atoms with Crippen molar-refractivity contribution in [3.8, 4) is 11.3 Å². The molecule has 0 saturated carbocycles. The maximum absolute atomic E-state index is 13.7. The van der Waals surface area contributed by atoms with E-state index < -0.39 is 23.5 Å². The molecule has 0 unspecified atom stereocenters. The van der Waals surface area contributed by atoms with Gasteiger partial charge in [-0.1, -0.05) is 44.8 Å². The lowest BCUT2D eigenvalue weighted by atomic mass is 10.1. The van der Waals surface area contributed by atoms with E-state index >= 15 is 0 Å². The quantitative estimate of drug-likeness (QED) is 0.408. The molecule has 154 valence electrons. The number of carbonyl (C=O) groups excluding carboxylic acids is 1. The van der Waals surface area contributed by atoms with Gasteiger partial charge in [-0.25, -0.2) is 9.50 Å². The monoisotopic (exact) mass is 499 g/mol. The zero-order chi connectivity index (χ0) is 21.6. The maximum atomic E-state index is 13.7. The summed E-state index contributed by atoms with van der Waals surface area (Å²) in [7, 11) is 0. The van der Waals surface area contributed by atoms with Gasteiger partial charge in [-0.2, -0.15) is 18.3 Å². The molecule has 7 nitrogen and oxygen atoms in total. The van der Waals surface area contributed by atoms with Gasteiger partial charge in [0.25, 0.3) is 5.91 Å². The Hall–Kier alpha value is -2.92. The van der Waals surface area contributed by atoms with E-state index in [9.17, 15) is 18.0 Å². The Balaban J connectivity index is 1.86. The Kier molecular flexibility index (Phi) is 5.02. The van der Waals surface area contributed by atoms with Crippen molar-refractivity contribution in [1.29, 1.82) is 0 Å². The Morgan fingerprint density at radius 3 is 2.53 bits per heavy atom. The number of fused-ring (bicyclic) bond motifs is 1. The SMILES string of the molecule is Cc1cc(NC(=O)c2nn3c(C(F)(F)F)cc(-c4ccc(Br)cc4)nc3c2Cl)no1. The van der Waals surface area contributed by atoms with Gasteiger partial charge >= 0.3 is 6.18 Å². The van der Waals surface area contributed by atoms with Crippen LogP contribution in [0.25, 0.3) is 16.9 Å². The number of benzene rings is 1. The van der Waals surface area contributed by atoms with Crippen molar-refractivity contribution in [1.82, 2.24) is 19.8 Å². The summed E-state index contributed by atoms with van der Waals surface area (Å²) in [6.45, 7) is 1.61. The van der Waals surface area contributed by atoms with E-state index in [1.807, 2.05) is 0 Å². The van der Waals surface area contributed by atoms with Crippen molar-refractivity contribution in [3.63, 3.8) is 0 Å². The predicted molar refractivity (Wildman–Crippen MR) is 105 cm³/mol. The van der Waals surface area contributed by atoms with E-state index in [1.165, 1.54) is 6.07 Å². The Morgan fingerprint density at radius 1 is 1.23 bits per heavy atom. The molecule has 1 aromatic carbocycles.